The van der Waals surface area contributed by atoms with Crippen LogP contribution in [0, 0.1) is 0 Å². The maximum Gasteiger partial charge on any atom is 0.305 e. The van der Waals surface area contributed by atoms with Gasteiger partial charge in [-0.3, -0.25) is 4.79 Å². The van der Waals surface area contributed by atoms with Crippen molar-refractivity contribution in [2.45, 2.75) is 77.1 Å². The van der Waals surface area contributed by atoms with Crippen LogP contribution >= 0.6 is 0 Å². The molecule has 0 aromatic carbocycles. The topological polar surface area (TPSA) is 87.0 Å². The maximum atomic E-state index is 11.2. The Balaban J connectivity index is 3.98. The quantitative estimate of drug-likeness (QED) is 0.229. The lowest BCUT2D eigenvalue weighted by Crippen LogP contribution is -2.23. The molecule has 27 heavy (non-hydrogen) atoms. The van der Waals surface area contributed by atoms with Crippen LogP contribution in [0.2, 0.25) is 0 Å². The minimum absolute atomic E-state index is 0.243. The summed E-state index contributed by atoms with van der Waals surface area (Å²) < 4.78 is 4.81. The molecule has 0 fully saturated rings. The van der Waals surface area contributed by atoms with Gasteiger partial charge in [-0.25, -0.2) is 0 Å². The summed E-state index contributed by atoms with van der Waals surface area (Å²) in [5.74, 6) is -0.285. The van der Waals surface area contributed by atoms with Crippen molar-refractivity contribution in [3.63, 3.8) is 0 Å². The van der Waals surface area contributed by atoms with Crippen molar-refractivity contribution in [3.05, 3.63) is 48.6 Å². The molecule has 0 aromatic rings. The molecule has 154 valence electrons. The zero-order valence-electron chi connectivity index (χ0n) is 16.7. The molecular formula is C22H36O5. The number of rotatable bonds is 15. The van der Waals surface area contributed by atoms with E-state index in [1.807, 2.05) is 18.2 Å². The van der Waals surface area contributed by atoms with E-state index in [1.165, 1.54) is 6.08 Å². The Morgan fingerprint density at radius 1 is 0.852 bits per heavy atom. The van der Waals surface area contributed by atoms with Crippen LogP contribution < -0.4 is 0 Å². The van der Waals surface area contributed by atoms with Gasteiger partial charge < -0.3 is 20.1 Å². The van der Waals surface area contributed by atoms with Crippen molar-refractivity contribution in [2.24, 2.45) is 0 Å². The van der Waals surface area contributed by atoms with Gasteiger partial charge >= 0.3 is 5.97 Å². The fourth-order valence-electron chi connectivity index (χ4n) is 2.31. The Hall–Kier alpha value is -1.69. The smallest absolute Gasteiger partial charge is 0.305 e. The van der Waals surface area contributed by atoms with Gasteiger partial charge in [0.1, 0.15) is 0 Å². The lowest BCUT2D eigenvalue weighted by Gasteiger charge is -2.13. The molecule has 0 rings (SSSR count). The molecule has 5 nitrogen and oxygen atoms in total. The lowest BCUT2D eigenvalue weighted by atomic mass is 10.1. The number of ether oxygens (including phenoxy) is 1. The number of aliphatic hydroxyl groups is 3. The number of hydrogen-bond donors (Lipinski definition) is 3. The molecular weight excluding hydrogens is 344 g/mol. The number of unbranched alkanes of at least 4 members (excludes halogenated alkanes) is 2. The summed E-state index contributed by atoms with van der Waals surface area (Å²) in [6, 6.07) is 0. The summed E-state index contributed by atoms with van der Waals surface area (Å²) >= 11 is 0. The lowest BCUT2D eigenvalue weighted by molar-refractivity contribution is -0.143. The molecule has 0 unspecified atom stereocenters. The monoisotopic (exact) mass is 380 g/mol. The molecule has 0 saturated carbocycles. The van der Waals surface area contributed by atoms with E-state index in [2.05, 4.69) is 6.92 Å². The summed E-state index contributed by atoms with van der Waals surface area (Å²) in [7, 11) is 0. The van der Waals surface area contributed by atoms with E-state index in [9.17, 15) is 20.1 Å². The second-order valence-corrected chi connectivity index (χ2v) is 6.36. The van der Waals surface area contributed by atoms with Crippen molar-refractivity contribution in [2.75, 3.05) is 6.61 Å². The third-order valence-electron chi connectivity index (χ3n) is 3.88. The van der Waals surface area contributed by atoms with Crippen LogP contribution in [-0.2, 0) is 9.53 Å². The highest BCUT2D eigenvalue weighted by molar-refractivity contribution is 5.69. The average Bonchev–Trinajstić information content (AvgIpc) is 2.64. The molecule has 0 aromatic heterocycles. The second kappa shape index (κ2) is 17.7. The summed E-state index contributed by atoms with van der Waals surface area (Å²) in [6.45, 7) is 4.23. The fraction of sp³-hybridized carbons (Fsp3) is 0.591. The van der Waals surface area contributed by atoms with Crippen LogP contribution in [0.3, 0.4) is 0 Å². The highest BCUT2D eigenvalue weighted by Crippen LogP contribution is 2.07. The van der Waals surface area contributed by atoms with E-state index in [-0.39, 0.29) is 12.4 Å². The number of carbonyl (C=O) groups excluding carboxylic acids is 1. The number of carbonyl (C=O) groups is 1. The van der Waals surface area contributed by atoms with Crippen molar-refractivity contribution in [1.29, 1.82) is 0 Å². The van der Waals surface area contributed by atoms with Crippen molar-refractivity contribution in [3.8, 4) is 0 Å². The Morgan fingerprint density at radius 2 is 1.48 bits per heavy atom. The summed E-state index contributed by atoms with van der Waals surface area (Å²) in [5, 5.41) is 29.4. The van der Waals surface area contributed by atoms with Crippen LogP contribution in [-0.4, -0.2) is 46.2 Å². The van der Waals surface area contributed by atoms with Gasteiger partial charge in [0.25, 0.3) is 0 Å². The molecule has 0 aliphatic carbocycles. The minimum atomic E-state index is -0.973. The summed E-state index contributed by atoms with van der Waals surface area (Å²) in [5.41, 5.74) is 0. The predicted molar refractivity (Wildman–Crippen MR) is 109 cm³/mol. The molecule has 0 radical (unpaired) electrons. The van der Waals surface area contributed by atoms with E-state index in [0.29, 0.717) is 19.4 Å². The van der Waals surface area contributed by atoms with Crippen LogP contribution in [0.15, 0.2) is 48.6 Å². The Labute approximate surface area is 163 Å². The van der Waals surface area contributed by atoms with Crippen LogP contribution in [0.25, 0.3) is 0 Å². The van der Waals surface area contributed by atoms with Gasteiger partial charge in [0.2, 0.25) is 0 Å². The zero-order chi connectivity index (χ0) is 20.3. The van der Waals surface area contributed by atoms with E-state index in [4.69, 9.17) is 4.74 Å². The highest BCUT2D eigenvalue weighted by atomic mass is 16.5. The maximum absolute atomic E-state index is 11.2. The Morgan fingerprint density at radius 3 is 2.11 bits per heavy atom. The predicted octanol–water partition coefficient (Wildman–Crippen LogP) is 3.61. The summed E-state index contributed by atoms with van der Waals surface area (Å²) in [6.07, 6.45) is 16.8. The van der Waals surface area contributed by atoms with Gasteiger partial charge in [0, 0.05) is 6.42 Å². The van der Waals surface area contributed by atoms with Gasteiger partial charge in [0.05, 0.1) is 24.9 Å². The normalized spacial score (nSPS) is 15.9. The van der Waals surface area contributed by atoms with Gasteiger partial charge in [-0.1, -0.05) is 74.8 Å². The van der Waals surface area contributed by atoms with Crippen molar-refractivity contribution in [1.82, 2.24) is 0 Å². The molecule has 5 heteroatoms. The molecule has 0 saturated heterocycles. The highest BCUT2D eigenvalue weighted by Gasteiger charge is 2.13. The van der Waals surface area contributed by atoms with Gasteiger partial charge in [0.15, 0.2) is 0 Å². The first-order valence-corrected chi connectivity index (χ1v) is 9.89. The number of hydrogen-bond acceptors (Lipinski definition) is 5. The standard InChI is InChI=1S/C22H36O5/c1-3-5-10-14-19(23)15-11-8-6-7-9-12-16-20(24)21(25)17-13-18-22(26)27-4-2/h6-9,11-12,15-16,19-21,23-25H,3-5,10,13-14,17-18H2,1-2H3/b8-6-,9-7+,15-11+,16-12+/t19-,20+,21-/m0/s1. The van der Waals surface area contributed by atoms with E-state index >= 15 is 0 Å². The molecule has 0 heterocycles. The third kappa shape index (κ3) is 16.2. The fourth-order valence-corrected chi connectivity index (χ4v) is 2.31. The van der Waals surface area contributed by atoms with Crippen LogP contribution in [0.1, 0.15) is 58.8 Å². The number of esters is 1. The largest absolute Gasteiger partial charge is 0.466 e. The third-order valence-corrected chi connectivity index (χ3v) is 3.88. The minimum Gasteiger partial charge on any atom is -0.466 e. The Kier molecular flexibility index (Phi) is 16.6. The number of allylic oxidation sites excluding steroid dienone is 6. The molecule has 3 atom stereocenters. The van der Waals surface area contributed by atoms with Gasteiger partial charge in [-0.15, -0.1) is 0 Å². The zero-order valence-corrected chi connectivity index (χ0v) is 16.7. The molecule has 0 amide bonds. The van der Waals surface area contributed by atoms with Crippen LogP contribution in [0.5, 0.6) is 0 Å². The first kappa shape index (κ1) is 25.3. The van der Waals surface area contributed by atoms with E-state index in [0.717, 1.165) is 25.7 Å². The van der Waals surface area contributed by atoms with Gasteiger partial charge in [-0.05, 0) is 26.2 Å². The molecule has 3 N–H and O–H groups in total. The van der Waals surface area contributed by atoms with Gasteiger partial charge in [-0.2, -0.15) is 0 Å². The van der Waals surface area contributed by atoms with Crippen molar-refractivity contribution < 1.29 is 24.9 Å². The first-order chi connectivity index (χ1) is 13.0. The van der Waals surface area contributed by atoms with E-state index < -0.39 is 18.3 Å². The number of aliphatic hydroxyl groups excluding tert-OH is 3. The summed E-state index contributed by atoms with van der Waals surface area (Å²) in [4.78, 5) is 11.2. The molecule has 0 aliphatic heterocycles. The molecule has 0 bridgehead atoms. The first-order valence-electron chi connectivity index (χ1n) is 9.89. The SMILES string of the molecule is CCCCC[C@H](O)/C=C/C=C\C=C\C=C\[C@@H](O)[C@@H](O)CCCC(=O)OCC. The Bertz CT molecular complexity index is 479. The van der Waals surface area contributed by atoms with Crippen molar-refractivity contribution >= 4 is 5.97 Å². The molecule has 0 aliphatic rings. The van der Waals surface area contributed by atoms with Crippen LogP contribution in [0.4, 0.5) is 0 Å². The average molecular weight is 381 g/mol. The molecule has 0 spiro atoms. The second-order valence-electron chi connectivity index (χ2n) is 6.36. The van der Waals surface area contributed by atoms with E-state index in [1.54, 1.807) is 31.2 Å².